The summed E-state index contributed by atoms with van der Waals surface area (Å²) >= 11 is 0. The minimum Gasteiger partial charge on any atom is -0.355 e. The van der Waals surface area contributed by atoms with Gasteiger partial charge in [0.15, 0.2) is 0 Å². The largest absolute Gasteiger partial charge is 0.355 e. The lowest BCUT2D eigenvalue weighted by atomic mass is 10.1. The van der Waals surface area contributed by atoms with E-state index in [1.807, 2.05) is 6.07 Å². The van der Waals surface area contributed by atoms with Gasteiger partial charge in [-0.25, -0.2) is 10.8 Å². The summed E-state index contributed by atoms with van der Waals surface area (Å²) in [7, 11) is 0. The van der Waals surface area contributed by atoms with E-state index in [0.29, 0.717) is 12.0 Å². The Kier molecular flexibility index (Phi) is 3.79. The van der Waals surface area contributed by atoms with Crippen molar-refractivity contribution < 1.29 is 0 Å². The zero-order chi connectivity index (χ0) is 13.1. The van der Waals surface area contributed by atoms with Crippen molar-refractivity contribution in [3.05, 3.63) is 12.3 Å². The first kappa shape index (κ1) is 12.6. The van der Waals surface area contributed by atoms with E-state index < -0.39 is 0 Å². The van der Waals surface area contributed by atoms with Crippen LogP contribution in [0.1, 0.15) is 25.7 Å². The van der Waals surface area contributed by atoms with Crippen LogP contribution in [0.2, 0.25) is 0 Å². The number of nitrogen functional groups attached to an aromatic ring is 1. The zero-order valence-corrected chi connectivity index (χ0v) is 11.3. The molecule has 3 heterocycles. The molecule has 0 radical (unpaired) electrons. The smallest absolute Gasteiger partial charge is 0.239 e. The first-order valence-electron chi connectivity index (χ1n) is 7.15. The number of nitrogens with one attached hydrogen (secondary N) is 1. The number of aromatic nitrogens is 2. The van der Waals surface area contributed by atoms with Crippen LogP contribution in [0.25, 0.3) is 0 Å². The van der Waals surface area contributed by atoms with Gasteiger partial charge in [-0.2, -0.15) is 4.98 Å². The Bertz CT molecular complexity index is 417. The average molecular weight is 262 g/mol. The van der Waals surface area contributed by atoms with Crippen molar-refractivity contribution in [3.8, 4) is 0 Å². The summed E-state index contributed by atoms with van der Waals surface area (Å²) in [5.41, 5.74) is 2.51. The highest BCUT2D eigenvalue weighted by Crippen LogP contribution is 2.23. The summed E-state index contributed by atoms with van der Waals surface area (Å²) in [5, 5.41) is 0. The molecule has 0 spiro atoms. The Morgan fingerprint density at radius 1 is 1.21 bits per heavy atom. The molecular weight excluding hydrogens is 240 g/mol. The summed E-state index contributed by atoms with van der Waals surface area (Å²) in [6.07, 6.45) is 7.09. The van der Waals surface area contributed by atoms with Crippen molar-refractivity contribution in [2.24, 2.45) is 5.84 Å². The molecule has 0 aromatic carbocycles. The number of hydrogen-bond donors (Lipinski definition) is 2. The standard InChI is InChI=1S/C13H22N6/c14-17-13-15-6-4-12(16-13)19-9-5-11(10-19)18-7-2-1-3-8-18/h4,6,11H,1-3,5,7-10,14H2,(H,15,16,17). The van der Waals surface area contributed by atoms with Gasteiger partial charge in [0, 0.05) is 25.3 Å². The Morgan fingerprint density at radius 2 is 2.05 bits per heavy atom. The van der Waals surface area contributed by atoms with Crippen LogP contribution in [0.4, 0.5) is 11.8 Å². The molecule has 1 unspecified atom stereocenters. The number of rotatable bonds is 3. The second kappa shape index (κ2) is 5.71. The Balaban J connectivity index is 1.64. The molecular formula is C13H22N6. The molecule has 2 fully saturated rings. The third kappa shape index (κ3) is 2.79. The van der Waals surface area contributed by atoms with Crippen molar-refractivity contribution in [2.75, 3.05) is 36.5 Å². The van der Waals surface area contributed by atoms with Gasteiger partial charge in [-0.15, -0.1) is 0 Å². The van der Waals surface area contributed by atoms with Gasteiger partial charge < -0.3 is 4.90 Å². The molecule has 1 atom stereocenters. The van der Waals surface area contributed by atoms with E-state index in [1.54, 1.807) is 6.20 Å². The first-order valence-corrected chi connectivity index (χ1v) is 7.15. The van der Waals surface area contributed by atoms with Crippen LogP contribution in [0.5, 0.6) is 0 Å². The summed E-state index contributed by atoms with van der Waals surface area (Å²) in [5.74, 6) is 6.82. The quantitative estimate of drug-likeness (QED) is 0.621. The molecule has 2 aliphatic heterocycles. The highest BCUT2D eigenvalue weighted by atomic mass is 15.3. The lowest BCUT2D eigenvalue weighted by Gasteiger charge is -2.32. The van der Waals surface area contributed by atoms with Crippen LogP contribution in [0, 0.1) is 0 Å². The minimum absolute atomic E-state index is 0.485. The summed E-state index contributed by atoms with van der Waals surface area (Å²) in [6, 6.07) is 2.64. The van der Waals surface area contributed by atoms with Crippen LogP contribution in [-0.2, 0) is 0 Å². The van der Waals surface area contributed by atoms with E-state index in [0.717, 1.165) is 18.9 Å². The van der Waals surface area contributed by atoms with Gasteiger partial charge in [0.1, 0.15) is 5.82 Å². The van der Waals surface area contributed by atoms with Gasteiger partial charge in [0.25, 0.3) is 0 Å². The SMILES string of the molecule is NNc1nccc(N2CCC(N3CCCCC3)C2)n1. The number of hydrogen-bond acceptors (Lipinski definition) is 6. The van der Waals surface area contributed by atoms with Gasteiger partial charge >= 0.3 is 0 Å². The topological polar surface area (TPSA) is 70.3 Å². The highest BCUT2D eigenvalue weighted by molar-refractivity contribution is 5.43. The summed E-state index contributed by atoms with van der Waals surface area (Å²) < 4.78 is 0. The molecule has 3 rings (SSSR count). The number of anilines is 2. The number of likely N-dealkylation sites (tertiary alicyclic amines) is 1. The van der Waals surface area contributed by atoms with Crippen molar-refractivity contribution in [2.45, 2.75) is 31.7 Å². The van der Waals surface area contributed by atoms with Crippen LogP contribution < -0.4 is 16.2 Å². The second-order valence-corrected chi connectivity index (χ2v) is 5.37. The molecule has 1 aromatic heterocycles. The maximum absolute atomic E-state index is 5.36. The van der Waals surface area contributed by atoms with E-state index in [1.165, 1.54) is 38.8 Å². The average Bonchev–Trinajstić information content (AvgIpc) is 2.98. The predicted octanol–water partition coefficient (Wildman–Crippen LogP) is 0.827. The normalized spacial score (nSPS) is 24.7. The Hall–Kier alpha value is -1.40. The molecule has 2 saturated heterocycles. The van der Waals surface area contributed by atoms with Crippen molar-refractivity contribution in [1.29, 1.82) is 0 Å². The molecule has 104 valence electrons. The molecule has 2 aliphatic rings. The molecule has 6 heteroatoms. The molecule has 19 heavy (non-hydrogen) atoms. The number of hydrazine groups is 1. The molecule has 6 nitrogen and oxygen atoms in total. The molecule has 3 N–H and O–H groups in total. The van der Waals surface area contributed by atoms with Crippen molar-refractivity contribution in [1.82, 2.24) is 14.9 Å². The van der Waals surface area contributed by atoms with Gasteiger partial charge in [-0.1, -0.05) is 6.42 Å². The molecule has 0 bridgehead atoms. The van der Waals surface area contributed by atoms with Gasteiger partial charge in [-0.3, -0.25) is 10.3 Å². The molecule has 0 amide bonds. The molecule has 1 aromatic rings. The summed E-state index contributed by atoms with van der Waals surface area (Å²) in [6.45, 7) is 4.67. The number of nitrogens with zero attached hydrogens (tertiary/aromatic N) is 4. The fourth-order valence-electron chi connectivity index (χ4n) is 3.13. The Labute approximate surface area is 114 Å². The lowest BCUT2D eigenvalue weighted by molar-refractivity contribution is 0.175. The third-order valence-electron chi connectivity index (χ3n) is 4.16. The van der Waals surface area contributed by atoms with E-state index >= 15 is 0 Å². The van der Waals surface area contributed by atoms with Crippen LogP contribution in [-0.4, -0.2) is 47.1 Å². The number of nitrogens with two attached hydrogens (primary N) is 1. The van der Waals surface area contributed by atoms with Gasteiger partial charge in [-0.05, 0) is 38.4 Å². The van der Waals surface area contributed by atoms with Gasteiger partial charge in [0.2, 0.25) is 5.95 Å². The number of piperidine rings is 1. The fraction of sp³-hybridized carbons (Fsp3) is 0.692. The second-order valence-electron chi connectivity index (χ2n) is 5.37. The monoisotopic (exact) mass is 262 g/mol. The maximum Gasteiger partial charge on any atom is 0.239 e. The van der Waals surface area contributed by atoms with E-state index in [2.05, 4.69) is 25.2 Å². The van der Waals surface area contributed by atoms with Crippen molar-refractivity contribution in [3.63, 3.8) is 0 Å². The predicted molar refractivity (Wildman–Crippen MR) is 75.9 cm³/mol. The molecule has 0 saturated carbocycles. The lowest BCUT2D eigenvalue weighted by Crippen LogP contribution is -2.41. The van der Waals surface area contributed by atoms with Crippen LogP contribution in [0.15, 0.2) is 12.3 Å². The zero-order valence-electron chi connectivity index (χ0n) is 11.3. The van der Waals surface area contributed by atoms with E-state index in [9.17, 15) is 0 Å². The van der Waals surface area contributed by atoms with E-state index in [-0.39, 0.29) is 0 Å². The fourth-order valence-corrected chi connectivity index (χ4v) is 3.13. The highest BCUT2D eigenvalue weighted by Gasteiger charge is 2.29. The van der Waals surface area contributed by atoms with E-state index in [4.69, 9.17) is 5.84 Å². The van der Waals surface area contributed by atoms with Gasteiger partial charge in [0.05, 0.1) is 0 Å². The first-order chi connectivity index (χ1) is 9.36. The third-order valence-corrected chi connectivity index (χ3v) is 4.16. The summed E-state index contributed by atoms with van der Waals surface area (Å²) in [4.78, 5) is 13.4. The van der Waals surface area contributed by atoms with Crippen LogP contribution in [0.3, 0.4) is 0 Å². The van der Waals surface area contributed by atoms with Crippen molar-refractivity contribution >= 4 is 11.8 Å². The maximum atomic E-state index is 5.36. The molecule has 0 aliphatic carbocycles. The van der Waals surface area contributed by atoms with Crippen LogP contribution >= 0.6 is 0 Å². The Morgan fingerprint density at radius 3 is 2.84 bits per heavy atom. The minimum atomic E-state index is 0.485.